The van der Waals surface area contributed by atoms with Gasteiger partial charge in [-0.05, 0) is 49.4 Å². The Bertz CT molecular complexity index is 629. The third-order valence-electron chi connectivity index (χ3n) is 2.57. The molecular weight excluding hydrogens is 312 g/mol. The number of amidine groups is 1. The molecule has 1 heterocycles. The van der Waals surface area contributed by atoms with E-state index in [-0.39, 0.29) is 17.2 Å². The van der Waals surface area contributed by atoms with Gasteiger partial charge >= 0.3 is 0 Å². The van der Waals surface area contributed by atoms with Crippen LogP contribution in [0.1, 0.15) is 19.4 Å². The zero-order valence-electron chi connectivity index (χ0n) is 11.8. The molecule has 1 fully saturated rings. The average Bonchev–Trinajstić information content (AvgIpc) is 2.70. The predicted octanol–water partition coefficient (Wildman–Crippen LogP) is 3.27. The van der Waals surface area contributed by atoms with E-state index in [1.54, 1.807) is 18.2 Å². The first-order valence-corrected chi connectivity index (χ1v) is 7.43. The van der Waals surface area contributed by atoms with Crippen LogP contribution in [0.15, 0.2) is 17.0 Å². The number of amides is 1. The fourth-order valence-corrected chi connectivity index (χ4v) is 2.73. The van der Waals surface area contributed by atoms with Crippen molar-refractivity contribution in [3.05, 3.63) is 27.6 Å². The molecule has 5 nitrogen and oxygen atoms in total. The summed E-state index contributed by atoms with van der Waals surface area (Å²) in [6.07, 6.45) is 1.63. The number of benzene rings is 1. The third kappa shape index (κ3) is 3.71. The molecule has 7 heteroatoms. The van der Waals surface area contributed by atoms with E-state index in [0.717, 1.165) is 11.8 Å². The van der Waals surface area contributed by atoms with E-state index < -0.39 is 0 Å². The number of carbonyl (C=O) groups excluding carboxylic acids is 1. The average molecular weight is 327 g/mol. The molecule has 1 saturated heterocycles. The third-order valence-corrected chi connectivity index (χ3v) is 3.68. The SMILES string of the molecule is COc1cc(/C=C2\SC(=N)NC2=O)cc(Cl)c1OC(C)C. The monoisotopic (exact) mass is 326 g/mol. The van der Waals surface area contributed by atoms with Crippen molar-refractivity contribution < 1.29 is 14.3 Å². The van der Waals surface area contributed by atoms with E-state index in [1.807, 2.05) is 13.8 Å². The Morgan fingerprint density at radius 3 is 2.67 bits per heavy atom. The van der Waals surface area contributed by atoms with Crippen molar-refractivity contribution in [2.45, 2.75) is 20.0 Å². The van der Waals surface area contributed by atoms with Crippen molar-refractivity contribution in [1.29, 1.82) is 5.41 Å². The van der Waals surface area contributed by atoms with Crippen LogP contribution in [0.25, 0.3) is 6.08 Å². The van der Waals surface area contributed by atoms with Crippen LogP contribution in [0.5, 0.6) is 11.5 Å². The predicted molar refractivity (Wildman–Crippen MR) is 85.2 cm³/mol. The molecule has 0 aliphatic carbocycles. The zero-order chi connectivity index (χ0) is 15.6. The smallest absolute Gasteiger partial charge is 0.264 e. The Morgan fingerprint density at radius 1 is 1.43 bits per heavy atom. The molecule has 0 unspecified atom stereocenters. The highest BCUT2D eigenvalue weighted by Crippen LogP contribution is 2.38. The second-order valence-corrected chi connectivity index (χ2v) is 6.05. The van der Waals surface area contributed by atoms with Gasteiger partial charge in [0.25, 0.3) is 5.91 Å². The highest BCUT2D eigenvalue weighted by atomic mass is 35.5. The molecular formula is C14H15ClN2O3S. The van der Waals surface area contributed by atoms with Crippen molar-refractivity contribution in [2.24, 2.45) is 0 Å². The van der Waals surface area contributed by atoms with Crippen molar-refractivity contribution >= 4 is 40.5 Å². The molecule has 112 valence electrons. The van der Waals surface area contributed by atoms with Gasteiger partial charge in [-0.2, -0.15) is 0 Å². The van der Waals surface area contributed by atoms with Gasteiger partial charge < -0.3 is 14.8 Å². The number of methoxy groups -OCH3 is 1. The van der Waals surface area contributed by atoms with Crippen LogP contribution in [0.3, 0.4) is 0 Å². The molecule has 1 aromatic carbocycles. The van der Waals surface area contributed by atoms with E-state index in [9.17, 15) is 4.79 Å². The molecule has 0 aromatic heterocycles. The highest BCUT2D eigenvalue weighted by molar-refractivity contribution is 8.18. The second-order valence-electron chi connectivity index (χ2n) is 4.59. The molecule has 0 spiro atoms. The summed E-state index contributed by atoms with van der Waals surface area (Å²) >= 11 is 7.30. The summed E-state index contributed by atoms with van der Waals surface area (Å²) in [5.74, 6) is 0.691. The minimum atomic E-state index is -0.289. The van der Waals surface area contributed by atoms with Gasteiger partial charge in [-0.1, -0.05) is 11.6 Å². The lowest BCUT2D eigenvalue weighted by molar-refractivity contribution is -0.115. The standard InChI is InChI=1S/C14H15ClN2O3S/c1-7(2)20-12-9(15)4-8(5-10(12)19-3)6-11-13(18)17-14(16)21-11/h4-7H,1-3H3,(H2,16,17,18)/b11-6-. The van der Waals surface area contributed by atoms with Gasteiger partial charge in [-0.15, -0.1) is 0 Å². The first kappa shape index (κ1) is 15.7. The molecule has 1 aliphatic rings. The zero-order valence-corrected chi connectivity index (χ0v) is 13.4. The largest absolute Gasteiger partial charge is 0.493 e. The molecule has 1 aliphatic heterocycles. The van der Waals surface area contributed by atoms with Crippen LogP contribution in [0.4, 0.5) is 0 Å². The highest BCUT2D eigenvalue weighted by Gasteiger charge is 2.22. The molecule has 2 N–H and O–H groups in total. The van der Waals surface area contributed by atoms with E-state index in [1.165, 1.54) is 7.11 Å². The first-order chi connectivity index (χ1) is 9.90. The van der Waals surface area contributed by atoms with Crippen LogP contribution < -0.4 is 14.8 Å². The van der Waals surface area contributed by atoms with Crippen LogP contribution in [0.2, 0.25) is 5.02 Å². The lowest BCUT2D eigenvalue weighted by Crippen LogP contribution is -2.18. The van der Waals surface area contributed by atoms with Crippen LogP contribution in [0, 0.1) is 5.41 Å². The molecule has 0 radical (unpaired) electrons. The molecule has 2 rings (SSSR count). The maximum Gasteiger partial charge on any atom is 0.264 e. The number of halogens is 1. The van der Waals surface area contributed by atoms with E-state index in [4.69, 9.17) is 26.5 Å². The summed E-state index contributed by atoms with van der Waals surface area (Å²) < 4.78 is 10.9. The van der Waals surface area contributed by atoms with E-state index >= 15 is 0 Å². The lowest BCUT2D eigenvalue weighted by Gasteiger charge is -2.15. The number of carbonyl (C=O) groups is 1. The Hall–Kier alpha value is -1.66. The molecule has 1 amide bonds. The summed E-state index contributed by atoms with van der Waals surface area (Å²) in [5, 5.41) is 10.4. The topological polar surface area (TPSA) is 71.4 Å². The molecule has 0 bridgehead atoms. The summed E-state index contributed by atoms with van der Waals surface area (Å²) in [5.41, 5.74) is 0.709. The fourth-order valence-electron chi connectivity index (χ4n) is 1.77. The number of nitrogens with one attached hydrogen (secondary N) is 2. The van der Waals surface area contributed by atoms with Gasteiger partial charge in [-0.3, -0.25) is 10.2 Å². The minimum absolute atomic E-state index is 0.0303. The summed E-state index contributed by atoms with van der Waals surface area (Å²) in [6.45, 7) is 3.80. The quantitative estimate of drug-likeness (QED) is 0.833. The molecule has 1 aromatic rings. The van der Waals surface area contributed by atoms with E-state index in [0.29, 0.717) is 27.0 Å². The van der Waals surface area contributed by atoms with Crippen molar-refractivity contribution in [3.63, 3.8) is 0 Å². The fraction of sp³-hybridized carbons (Fsp3) is 0.286. The Labute approximate surface area is 132 Å². The Kier molecular flexibility index (Phi) is 4.80. The van der Waals surface area contributed by atoms with Gasteiger partial charge in [-0.25, -0.2) is 0 Å². The summed E-state index contributed by atoms with van der Waals surface area (Å²) in [4.78, 5) is 12.1. The molecule has 0 saturated carbocycles. The van der Waals surface area contributed by atoms with Crippen molar-refractivity contribution in [3.8, 4) is 11.5 Å². The maximum absolute atomic E-state index is 11.6. The van der Waals surface area contributed by atoms with Crippen LogP contribution in [-0.4, -0.2) is 24.3 Å². The number of hydrogen-bond acceptors (Lipinski definition) is 5. The van der Waals surface area contributed by atoms with E-state index in [2.05, 4.69) is 5.32 Å². The van der Waals surface area contributed by atoms with Crippen LogP contribution >= 0.6 is 23.4 Å². The summed E-state index contributed by atoms with van der Waals surface area (Å²) in [7, 11) is 1.53. The summed E-state index contributed by atoms with van der Waals surface area (Å²) in [6, 6.07) is 3.44. The minimum Gasteiger partial charge on any atom is -0.493 e. The van der Waals surface area contributed by atoms with Crippen molar-refractivity contribution in [2.75, 3.05) is 7.11 Å². The van der Waals surface area contributed by atoms with Gasteiger partial charge in [0.2, 0.25) is 0 Å². The number of ether oxygens (including phenoxy) is 2. The van der Waals surface area contributed by atoms with Crippen molar-refractivity contribution in [1.82, 2.24) is 5.32 Å². The van der Waals surface area contributed by atoms with Gasteiger partial charge in [0.15, 0.2) is 16.7 Å². The second kappa shape index (κ2) is 6.41. The van der Waals surface area contributed by atoms with Gasteiger partial charge in [0, 0.05) is 0 Å². The number of rotatable bonds is 4. The normalized spacial score (nSPS) is 16.5. The molecule has 0 atom stereocenters. The van der Waals surface area contributed by atoms with Gasteiger partial charge in [0.1, 0.15) is 0 Å². The molecule has 21 heavy (non-hydrogen) atoms. The Morgan fingerprint density at radius 2 is 2.14 bits per heavy atom. The van der Waals surface area contributed by atoms with Gasteiger partial charge in [0.05, 0.1) is 23.1 Å². The number of thioether (sulfide) groups is 1. The lowest BCUT2D eigenvalue weighted by atomic mass is 10.1. The number of hydrogen-bond donors (Lipinski definition) is 2. The first-order valence-electron chi connectivity index (χ1n) is 6.24. The maximum atomic E-state index is 11.6. The van der Waals surface area contributed by atoms with Crippen LogP contribution in [-0.2, 0) is 4.79 Å². The Balaban J connectivity index is 2.38.